The fourth-order valence-electron chi connectivity index (χ4n) is 6.21. The van der Waals surface area contributed by atoms with E-state index in [0.29, 0.717) is 13.0 Å². The van der Waals surface area contributed by atoms with Gasteiger partial charge < -0.3 is 30.3 Å². The minimum Gasteiger partial charge on any atom is -0.542 e. The third-order valence-corrected chi connectivity index (χ3v) is 9.06. The highest BCUT2D eigenvalue weighted by atomic mass is 19.4. The van der Waals surface area contributed by atoms with Crippen LogP contribution in [0.2, 0.25) is 0 Å². The van der Waals surface area contributed by atoms with Gasteiger partial charge in [-0.3, -0.25) is 14.9 Å². The van der Waals surface area contributed by atoms with E-state index in [-0.39, 0.29) is 24.3 Å². The van der Waals surface area contributed by atoms with Crippen LogP contribution in [0.25, 0.3) is 27.4 Å². The van der Waals surface area contributed by atoms with Gasteiger partial charge in [0.2, 0.25) is 17.6 Å². The van der Waals surface area contributed by atoms with Crippen LogP contribution in [0.5, 0.6) is 5.75 Å². The smallest absolute Gasteiger partial charge is 0.430 e. The lowest BCUT2D eigenvalue weighted by Crippen LogP contribution is -2.87. The number of amides is 2. The number of aryl methyl sites for hydroxylation is 1. The molecule has 0 saturated carbocycles. The van der Waals surface area contributed by atoms with Crippen molar-refractivity contribution in [3.8, 4) is 5.75 Å². The number of aromatic amines is 1. The summed E-state index contributed by atoms with van der Waals surface area (Å²) in [5.74, 6) is -1.40. The Morgan fingerprint density at radius 2 is 1.63 bits per heavy atom. The Kier molecular flexibility index (Phi) is 13.2. The molecule has 1 aliphatic rings. The zero-order chi connectivity index (χ0) is 38.7. The Labute approximate surface area is 310 Å². The van der Waals surface area contributed by atoms with Gasteiger partial charge in [-0.1, -0.05) is 73.5 Å². The number of aliphatic carboxylic acids is 1. The van der Waals surface area contributed by atoms with Crippen molar-refractivity contribution in [1.29, 1.82) is 0 Å². The van der Waals surface area contributed by atoms with Gasteiger partial charge in [0.15, 0.2) is 5.70 Å². The molecule has 2 amide bonds. The quantitative estimate of drug-likeness (QED) is 0.115. The van der Waals surface area contributed by atoms with E-state index in [1.807, 2.05) is 73.8 Å². The molecule has 0 spiro atoms. The van der Waals surface area contributed by atoms with Gasteiger partial charge in [0, 0.05) is 35.1 Å². The maximum absolute atomic E-state index is 13.6. The van der Waals surface area contributed by atoms with E-state index >= 15 is 0 Å². The number of benzene rings is 4. The molecule has 1 atom stereocenters. The number of unbranched alkanes of at least 4 members (excludes halogenated alkanes) is 2. The van der Waals surface area contributed by atoms with E-state index in [9.17, 15) is 22.8 Å². The average molecular weight is 742 g/mol. The normalized spacial score (nSPS) is 13.1. The van der Waals surface area contributed by atoms with Gasteiger partial charge in [0.1, 0.15) is 17.8 Å². The zero-order valence-electron chi connectivity index (χ0n) is 30.0. The number of hydrogen-bond donors (Lipinski definition) is 4. The second-order valence-electron chi connectivity index (χ2n) is 12.9. The van der Waals surface area contributed by atoms with Crippen LogP contribution in [0.3, 0.4) is 0 Å². The first-order chi connectivity index (χ1) is 25.9. The molecule has 1 aromatic heterocycles. The van der Waals surface area contributed by atoms with Crippen LogP contribution in [-0.2, 0) is 27.3 Å². The molecule has 0 aliphatic carbocycles. The Morgan fingerprint density at radius 1 is 0.907 bits per heavy atom. The van der Waals surface area contributed by atoms with Gasteiger partial charge in [-0.15, -0.1) is 0 Å². The molecule has 0 fully saturated rings. The lowest BCUT2D eigenvalue weighted by molar-refractivity contribution is -0.434. The first-order valence-electron chi connectivity index (χ1n) is 17.6. The molecule has 6 rings (SSSR count). The summed E-state index contributed by atoms with van der Waals surface area (Å²) >= 11 is 0. The molecule has 5 N–H and O–H groups in total. The van der Waals surface area contributed by atoms with Gasteiger partial charge in [0.25, 0.3) is 0 Å². The minimum absolute atomic E-state index is 0.0576. The van der Waals surface area contributed by atoms with Crippen molar-refractivity contribution in [1.82, 2.24) is 15.6 Å². The topological polar surface area (TPSA) is 152 Å². The average Bonchev–Trinajstić information content (AvgIpc) is 3.78. The molecule has 1 aliphatic heterocycles. The fraction of sp³-hybridized carbons (Fsp3) is 0.268. The molecule has 54 heavy (non-hydrogen) atoms. The number of rotatable bonds is 14. The van der Waals surface area contributed by atoms with Crippen LogP contribution in [0, 0.1) is 6.92 Å². The maximum atomic E-state index is 13.6. The number of H-pyrrole nitrogens is 1. The van der Waals surface area contributed by atoms with Gasteiger partial charge in [-0.2, -0.15) is 13.2 Å². The minimum atomic E-state index is -5.19. The summed E-state index contributed by atoms with van der Waals surface area (Å²) in [4.78, 5) is 43.0. The molecule has 282 valence electrons. The number of nitrogens with two attached hydrogens (primary N) is 1. The number of nitrogens with one attached hydrogen (secondary N) is 3. The standard InChI is InChI=1S/C39H41N5O3.C2HF3O2/c1-26-32(33-22-31(47-2)19-20-34(33)42-26)23-38(46)43-35(15-7-4-8-16-37(45)40-24-27-11-5-3-6-12-27)39-41-25-36(44-39)30-18-17-28-13-9-10-14-29(28)21-30;3-2(4,5)1(6)7/h3,5-6,9-14,17-22,25,35,42H,4,7-8,15-16,23-24H2,1-2H3,(H,40,45)(H,41,44)(H,43,46);(H,6,7)/t35-;/m0./s1. The predicted octanol–water partition coefficient (Wildman–Crippen LogP) is 5.21. The third-order valence-electron chi connectivity index (χ3n) is 9.06. The number of halogens is 3. The number of carboxylic acids is 1. The number of quaternary nitrogens is 1. The van der Waals surface area contributed by atoms with Crippen molar-refractivity contribution < 1.29 is 42.7 Å². The monoisotopic (exact) mass is 741 g/mol. The molecular formula is C41H42F3N5O5. The molecule has 10 nitrogen and oxygen atoms in total. The fourth-order valence-corrected chi connectivity index (χ4v) is 6.21. The second kappa shape index (κ2) is 18.2. The van der Waals surface area contributed by atoms with Gasteiger partial charge in [-0.25, -0.2) is 4.99 Å². The Balaban J connectivity index is 0.000000730. The van der Waals surface area contributed by atoms with Crippen molar-refractivity contribution >= 4 is 51.0 Å². The number of carbonyl (C=O) groups is 3. The molecule has 2 heterocycles. The van der Waals surface area contributed by atoms with E-state index in [4.69, 9.17) is 19.6 Å². The summed E-state index contributed by atoms with van der Waals surface area (Å²) in [5, 5.41) is 20.5. The van der Waals surface area contributed by atoms with E-state index in [0.717, 1.165) is 76.3 Å². The summed E-state index contributed by atoms with van der Waals surface area (Å²) < 4.78 is 37.0. The number of hydrogen-bond acceptors (Lipinski definition) is 6. The highest BCUT2D eigenvalue weighted by Gasteiger charge is 2.29. The summed E-state index contributed by atoms with van der Waals surface area (Å²) in [6, 6.07) is 30.3. The van der Waals surface area contributed by atoms with Crippen molar-refractivity contribution in [2.24, 2.45) is 4.99 Å². The number of amidine groups is 1. The number of nitrogens with zero attached hydrogens (tertiary/aromatic N) is 1. The van der Waals surface area contributed by atoms with Crippen molar-refractivity contribution in [2.75, 3.05) is 7.11 Å². The highest BCUT2D eigenvalue weighted by molar-refractivity contribution is 5.94. The van der Waals surface area contributed by atoms with Crippen LogP contribution in [0.15, 0.2) is 102 Å². The van der Waals surface area contributed by atoms with Gasteiger partial charge >= 0.3 is 6.18 Å². The van der Waals surface area contributed by atoms with Crippen LogP contribution in [0.4, 0.5) is 13.2 Å². The number of aromatic nitrogens is 1. The number of carbonyl (C=O) groups excluding carboxylic acids is 3. The highest BCUT2D eigenvalue weighted by Crippen LogP contribution is 2.27. The van der Waals surface area contributed by atoms with Crippen molar-refractivity contribution in [2.45, 2.75) is 64.2 Å². The van der Waals surface area contributed by atoms with Gasteiger partial charge in [0.05, 0.1) is 19.7 Å². The summed E-state index contributed by atoms with van der Waals surface area (Å²) in [6.45, 7) is 2.54. The largest absolute Gasteiger partial charge is 0.542 e. The van der Waals surface area contributed by atoms with Crippen molar-refractivity contribution in [3.63, 3.8) is 0 Å². The Morgan fingerprint density at radius 3 is 2.35 bits per heavy atom. The van der Waals surface area contributed by atoms with Crippen LogP contribution < -0.4 is 25.8 Å². The molecule has 4 aromatic carbocycles. The molecule has 0 radical (unpaired) electrons. The summed E-state index contributed by atoms with van der Waals surface area (Å²) in [7, 11) is 1.65. The number of aliphatic imine (C=N–C) groups is 1. The van der Waals surface area contributed by atoms with E-state index in [1.54, 1.807) is 7.11 Å². The number of fused-ring (bicyclic) bond motifs is 2. The first-order valence-corrected chi connectivity index (χ1v) is 17.6. The van der Waals surface area contributed by atoms with Crippen molar-refractivity contribution in [3.05, 3.63) is 120 Å². The Hall–Kier alpha value is -5.95. The van der Waals surface area contributed by atoms with Crippen LogP contribution in [-0.4, -0.2) is 47.9 Å². The molecular weight excluding hydrogens is 699 g/mol. The number of methoxy groups -OCH3 is 1. The van der Waals surface area contributed by atoms with E-state index in [2.05, 4.69) is 51.3 Å². The van der Waals surface area contributed by atoms with Crippen LogP contribution >= 0.6 is 0 Å². The summed E-state index contributed by atoms with van der Waals surface area (Å²) in [5.41, 5.74) is 6.12. The lowest BCUT2D eigenvalue weighted by atomic mass is 10.0. The first kappa shape index (κ1) is 39.3. The number of ether oxygens (including phenoxy) is 1. The molecule has 0 bridgehead atoms. The predicted molar refractivity (Wildman–Crippen MR) is 199 cm³/mol. The molecule has 0 unspecified atom stereocenters. The summed E-state index contributed by atoms with van der Waals surface area (Å²) in [6.07, 6.45) is 0.679. The molecule has 5 aromatic rings. The SMILES string of the molecule is COc1ccc2[nH]c(C)c(CC(=O)N[C@@H](CCCCCC(=O)NCc3ccccc3)C3=NC=C(c4ccc5ccccc5c4)[NH2+]3)c2c1.O=C([O-])C(F)(F)F. The third kappa shape index (κ3) is 10.8. The van der Waals surface area contributed by atoms with Crippen LogP contribution in [0.1, 0.15) is 54.5 Å². The number of carboxylic acid groups (broad SMARTS) is 1. The second-order valence-corrected chi connectivity index (χ2v) is 12.9. The van der Waals surface area contributed by atoms with Gasteiger partial charge in [-0.05, 0) is 72.0 Å². The molecule has 13 heteroatoms. The number of alkyl halides is 3. The maximum Gasteiger partial charge on any atom is 0.430 e. The Bertz CT molecular complexity index is 2160. The van der Waals surface area contributed by atoms with E-state index in [1.165, 1.54) is 10.8 Å². The zero-order valence-corrected chi connectivity index (χ0v) is 30.0. The molecule has 0 saturated heterocycles. The van der Waals surface area contributed by atoms with E-state index < -0.39 is 12.1 Å². The lowest BCUT2D eigenvalue weighted by Gasteiger charge is -2.17.